The number of alkyl halides is 1. The fourth-order valence-corrected chi connectivity index (χ4v) is 4.48. The second-order valence-corrected chi connectivity index (χ2v) is 10.9. The van der Waals surface area contributed by atoms with E-state index in [2.05, 4.69) is 22.5 Å². The van der Waals surface area contributed by atoms with Crippen LogP contribution in [0.5, 0.6) is 17.2 Å². The molecule has 7 heteroatoms. The van der Waals surface area contributed by atoms with Crippen molar-refractivity contribution in [1.29, 1.82) is 0 Å². The van der Waals surface area contributed by atoms with Gasteiger partial charge in [0.25, 0.3) is 0 Å². The van der Waals surface area contributed by atoms with E-state index in [0.717, 1.165) is 60.9 Å². The van der Waals surface area contributed by atoms with E-state index in [9.17, 15) is 9.59 Å². The normalized spacial score (nSPS) is 10.6. The summed E-state index contributed by atoms with van der Waals surface area (Å²) >= 11 is 3.46. The molecule has 3 aromatic carbocycles. The van der Waals surface area contributed by atoms with E-state index < -0.39 is 5.97 Å². The van der Waals surface area contributed by atoms with Gasteiger partial charge in [0.15, 0.2) is 0 Å². The number of benzene rings is 3. The molecule has 0 saturated heterocycles. The molecule has 6 nitrogen and oxygen atoms in total. The summed E-state index contributed by atoms with van der Waals surface area (Å²) in [5.41, 5.74) is 2.97. The third-order valence-electron chi connectivity index (χ3n) is 6.53. The molecule has 42 heavy (non-hydrogen) atoms. The minimum atomic E-state index is -0.421. The number of halogens is 1. The van der Waals surface area contributed by atoms with E-state index in [0.29, 0.717) is 35.8 Å². The van der Waals surface area contributed by atoms with Gasteiger partial charge in [-0.25, -0.2) is 9.59 Å². The summed E-state index contributed by atoms with van der Waals surface area (Å²) in [6.45, 7) is 6.93. The minimum absolute atomic E-state index is 0.339. The van der Waals surface area contributed by atoms with Crippen molar-refractivity contribution in [2.45, 2.75) is 58.3 Å². The molecule has 0 unspecified atom stereocenters. The summed E-state index contributed by atoms with van der Waals surface area (Å²) in [6.07, 6.45) is 8.32. The molecule has 0 N–H and O–H groups in total. The number of hydrogen-bond donors (Lipinski definition) is 0. The lowest BCUT2D eigenvalue weighted by molar-refractivity contribution is -0.139. The lowest BCUT2D eigenvalue weighted by Gasteiger charge is -2.09. The van der Waals surface area contributed by atoms with Gasteiger partial charge in [0.05, 0.1) is 25.4 Å². The second-order valence-electron chi connectivity index (χ2n) is 10.1. The molecule has 0 aliphatic rings. The monoisotopic (exact) mass is 636 g/mol. The van der Waals surface area contributed by atoms with Crippen molar-refractivity contribution >= 4 is 27.9 Å². The SMILES string of the molecule is C=C(C)C(=O)OCCCCCCOc1ccc(C(=O)Oc2ccc(-c3ccc(OCCCCCCBr)cc3)cc2)cc1. The Labute approximate surface area is 258 Å². The molecule has 0 radical (unpaired) electrons. The van der Waals surface area contributed by atoms with E-state index in [1.165, 1.54) is 19.3 Å². The quantitative estimate of drug-likeness (QED) is 0.0430. The van der Waals surface area contributed by atoms with Crippen molar-refractivity contribution in [2.24, 2.45) is 0 Å². The number of carbonyl (C=O) groups excluding carboxylic acids is 2. The molecular formula is C35H41BrO6. The molecule has 0 aliphatic heterocycles. The first-order chi connectivity index (χ1) is 20.5. The lowest BCUT2D eigenvalue weighted by atomic mass is 10.1. The highest BCUT2D eigenvalue weighted by molar-refractivity contribution is 9.09. The molecule has 0 saturated carbocycles. The Balaban J connectivity index is 1.35. The predicted molar refractivity (Wildman–Crippen MR) is 171 cm³/mol. The fourth-order valence-electron chi connectivity index (χ4n) is 4.09. The summed E-state index contributed by atoms with van der Waals surface area (Å²) in [7, 11) is 0. The Morgan fingerprint density at radius 3 is 1.57 bits per heavy atom. The zero-order valence-corrected chi connectivity index (χ0v) is 26.0. The Bertz CT molecular complexity index is 1240. The minimum Gasteiger partial charge on any atom is -0.494 e. The number of carbonyl (C=O) groups is 2. The van der Waals surface area contributed by atoms with Crippen molar-refractivity contribution in [3.63, 3.8) is 0 Å². The third-order valence-corrected chi connectivity index (χ3v) is 7.09. The highest BCUT2D eigenvalue weighted by Gasteiger charge is 2.10. The van der Waals surface area contributed by atoms with Crippen LogP contribution in [0.15, 0.2) is 84.9 Å². The van der Waals surface area contributed by atoms with Crippen LogP contribution in [-0.4, -0.2) is 37.1 Å². The molecule has 0 aliphatic carbocycles. The summed E-state index contributed by atoms with van der Waals surface area (Å²) in [5, 5.41) is 1.06. The molecule has 0 spiro atoms. The van der Waals surface area contributed by atoms with Crippen LogP contribution in [0.25, 0.3) is 11.1 Å². The van der Waals surface area contributed by atoms with Crippen LogP contribution in [0.1, 0.15) is 68.6 Å². The molecule has 0 bridgehead atoms. The molecule has 0 fully saturated rings. The first-order valence-electron chi connectivity index (χ1n) is 14.6. The van der Waals surface area contributed by atoms with Crippen molar-refractivity contribution in [1.82, 2.24) is 0 Å². The van der Waals surface area contributed by atoms with Gasteiger partial charge in [0.1, 0.15) is 17.2 Å². The van der Waals surface area contributed by atoms with Crippen molar-refractivity contribution in [3.05, 3.63) is 90.5 Å². The maximum absolute atomic E-state index is 12.6. The number of ether oxygens (including phenoxy) is 4. The standard InChI is InChI=1S/C35H41BrO6/c1-27(2)34(37)41-26-10-6-5-9-25-40-32-19-15-30(16-20-32)35(38)42-33-21-13-29(14-22-33)28-11-17-31(18-12-28)39-24-8-4-3-7-23-36/h11-22H,1,3-10,23-26H2,2H3. The van der Waals surface area contributed by atoms with Crippen molar-refractivity contribution in [3.8, 4) is 28.4 Å². The Kier molecular flexibility index (Phi) is 14.7. The van der Waals surface area contributed by atoms with Gasteiger partial charge in [-0.2, -0.15) is 0 Å². The van der Waals surface area contributed by atoms with Crippen LogP contribution in [0.4, 0.5) is 0 Å². The van der Waals surface area contributed by atoms with Crippen LogP contribution >= 0.6 is 15.9 Å². The highest BCUT2D eigenvalue weighted by Crippen LogP contribution is 2.25. The van der Waals surface area contributed by atoms with Crippen LogP contribution in [0, 0.1) is 0 Å². The Morgan fingerprint density at radius 1 is 0.619 bits per heavy atom. The topological polar surface area (TPSA) is 71.1 Å². The van der Waals surface area contributed by atoms with Gasteiger partial charge in [0.2, 0.25) is 0 Å². The average Bonchev–Trinajstić information content (AvgIpc) is 3.01. The van der Waals surface area contributed by atoms with E-state index in [4.69, 9.17) is 18.9 Å². The summed E-state index contributed by atoms with van der Waals surface area (Å²) < 4.78 is 22.3. The lowest BCUT2D eigenvalue weighted by Crippen LogP contribution is -2.08. The smallest absolute Gasteiger partial charge is 0.343 e. The number of esters is 2. The zero-order valence-electron chi connectivity index (χ0n) is 24.4. The van der Waals surface area contributed by atoms with E-state index in [-0.39, 0.29) is 5.97 Å². The van der Waals surface area contributed by atoms with Gasteiger partial charge in [0, 0.05) is 10.9 Å². The van der Waals surface area contributed by atoms with Crippen LogP contribution in [0.2, 0.25) is 0 Å². The van der Waals surface area contributed by atoms with Gasteiger partial charge in [-0.05, 0) is 105 Å². The third kappa shape index (κ3) is 12.1. The fraction of sp³-hybridized carbons (Fsp3) is 0.371. The molecular weight excluding hydrogens is 596 g/mol. The number of hydrogen-bond acceptors (Lipinski definition) is 6. The molecule has 3 aromatic rings. The molecule has 3 rings (SSSR count). The number of rotatable bonds is 19. The summed E-state index contributed by atoms with van der Waals surface area (Å²) in [6, 6.07) is 22.5. The van der Waals surface area contributed by atoms with Gasteiger partial charge < -0.3 is 18.9 Å². The molecule has 0 aromatic heterocycles. The first kappa shape index (κ1) is 32.9. The van der Waals surface area contributed by atoms with Crippen molar-refractivity contribution in [2.75, 3.05) is 25.2 Å². The van der Waals surface area contributed by atoms with E-state index in [1.807, 2.05) is 36.4 Å². The van der Waals surface area contributed by atoms with Gasteiger partial charge in [-0.15, -0.1) is 0 Å². The first-order valence-corrected chi connectivity index (χ1v) is 15.8. The largest absolute Gasteiger partial charge is 0.494 e. The van der Waals surface area contributed by atoms with Gasteiger partial charge in [-0.3, -0.25) is 0 Å². The summed E-state index contributed by atoms with van der Waals surface area (Å²) in [4.78, 5) is 24.0. The van der Waals surface area contributed by atoms with E-state index in [1.54, 1.807) is 43.3 Å². The molecule has 224 valence electrons. The maximum Gasteiger partial charge on any atom is 0.343 e. The van der Waals surface area contributed by atoms with Crippen LogP contribution in [0.3, 0.4) is 0 Å². The Morgan fingerprint density at radius 2 is 1.07 bits per heavy atom. The van der Waals surface area contributed by atoms with Gasteiger partial charge >= 0.3 is 11.9 Å². The number of unbranched alkanes of at least 4 members (excludes halogenated alkanes) is 6. The van der Waals surface area contributed by atoms with Crippen LogP contribution < -0.4 is 14.2 Å². The highest BCUT2D eigenvalue weighted by atomic mass is 79.9. The van der Waals surface area contributed by atoms with Crippen molar-refractivity contribution < 1.29 is 28.5 Å². The maximum atomic E-state index is 12.6. The van der Waals surface area contributed by atoms with Crippen LogP contribution in [-0.2, 0) is 9.53 Å². The van der Waals surface area contributed by atoms with E-state index >= 15 is 0 Å². The molecule has 0 amide bonds. The average molecular weight is 638 g/mol. The Hall–Kier alpha value is -3.58. The zero-order chi connectivity index (χ0) is 30.0. The second kappa shape index (κ2) is 18.8. The predicted octanol–water partition coefficient (Wildman–Crippen LogP) is 8.97. The molecule has 0 heterocycles. The van der Waals surface area contributed by atoms with Gasteiger partial charge in [-0.1, -0.05) is 59.6 Å². The summed E-state index contributed by atoms with van der Waals surface area (Å²) in [5.74, 6) is 1.30. The molecule has 0 atom stereocenters.